The van der Waals surface area contributed by atoms with Gasteiger partial charge in [0.05, 0.1) is 8.81 Å². The van der Waals surface area contributed by atoms with Gasteiger partial charge in [-0.25, -0.2) is 0 Å². The van der Waals surface area contributed by atoms with Crippen molar-refractivity contribution in [3.05, 3.63) is 19.8 Å². The van der Waals surface area contributed by atoms with Crippen LogP contribution < -0.4 is 5.73 Å². The second kappa shape index (κ2) is 6.05. The predicted octanol–water partition coefficient (Wildman–Crippen LogP) is 6.02. The molecule has 1 aliphatic rings. The van der Waals surface area contributed by atoms with E-state index < -0.39 is 0 Å². The largest absolute Gasteiger partial charge is 0.323 e. The van der Waals surface area contributed by atoms with Gasteiger partial charge in [-0.05, 0) is 64.9 Å². The summed E-state index contributed by atoms with van der Waals surface area (Å²) < 4.78 is 1.00. The van der Waals surface area contributed by atoms with E-state index in [1.807, 2.05) is 6.07 Å². The Balaban J connectivity index is 1.98. The lowest BCUT2D eigenvalue weighted by atomic mass is 9.68. The van der Waals surface area contributed by atoms with Gasteiger partial charge in [0.15, 0.2) is 0 Å². The number of thiophene rings is 1. The Morgan fingerprint density at radius 2 is 1.89 bits per heavy atom. The smallest absolute Gasteiger partial charge is 0.0887 e. The van der Waals surface area contributed by atoms with E-state index >= 15 is 0 Å². The van der Waals surface area contributed by atoms with Gasteiger partial charge < -0.3 is 5.73 Å². The van der Waals surface area contributed by atoms with Gasteiger partial charge in [0, 0.05) is 10.9 Å². The molecule has 1 atom stereocenters. The molecule has 0 amide bonds. The second-order valence-electron chi connectivity index (χ2n) is 6.77. The maximum atomic E-state index is 6.44. The molecule has 0 aliphatic heterocycles. The van der Waals surface area contributed by atoms with Crippen LogP contribution in [0.15, 0.2) is 9.85 Å². The van der Waals surface area contributed by atoms with Crippen LogP contribution in [0.5, 0.6) is 0 Å². The van der Waals surface area contributed by atoms with Crippen molar-refractivity contribution >= 4 is 38.9 Å². The van der Waals surface area contributed by atoms with E-state index in [0.717, 1.165) is 14.7 Å². The van der Waals surface area contributed by atoms with E-state index in [1.165, 1.54) is 30.6 Å². The normalized spacial score (nSPS) is 26.4. The van der Waals surface area contributed by atoms with Crippen molar-refractivity contribution in [1.82, 2.24) is 0 Å². The minimum atomic E-state index is 0.148. The van der Waals surface area contributed by atoms with E-state index in [9.17, 15) is 0 Å². The highest BCUT2D eigenvalue weighted by atomic mass is 79.9. The topological polar surface area (TPSA) is 26.0 Å². The summed E-state index contributed by atoms with van der Waals surface area (Å²) in [5, 5.41) is 0.791. The Hall–Kier alpha value is 0.430. The first-order valence-corrected chi connectivity index (χ1v) is 8.98. The van der Waals surface area contributed by atoms with Gasteiger partial charge in [-0.15, -0.1) is 11.3 Å². The van der Waals surface area contributed by atoms with Crippen LogP contribution in [-0.2, 0) is 0 Å². The van der Waals surface area contributed by atoms with Crippen molar-refractivity contribution in [1.29, 1.82) is 0 Å². The molecule has 1 fully saturated rings. The molecule has 0 spiro atoms. The molecule has 1 heterocycles. The summed E-state index contributed by atoms with van der Waals surface area (Å²) in [6.07, 6.45) is 5.11. The van der Waals surface area contributed by atoms with Gasteiger partial charge in [0.2, 0.25) is 0 Å². The minimum Gasteiger partial charge on any atom is -0.323 e. The monoisotopic (exact) mass is 363 g/mol. The maximum absolute atomic E-state index is 6.44. The Kier molecular flexibility index (Phi) is 5.03. The molecule has 0 aromatic carbocycles. The molecule has 0 bridgehead atoms. The van der Waals surface area contributed by atoms with Gasteiger partial charge in [0.1, 0.15) is 0 Å². The quantitative estimate of drug-likeness (QED) is 0.682. The van der Waals surface area contributed by atoms with Gasteiger partial charge in [-0.3, -0.25) is 0 Å². The molecule has 1 aromatic heterocycles. The first-order valence-electron chi connectivity index (χ1n) is 6.99. The summed E-state index contributed by atoms with van der Waals surface area (Å²) in [7, 11) is 0. The zero-order valence-electron chi connectivity index (χ0n) is 11.9. The van der Waals surface area contributed by atoms with Gasteiger partial charge in [0.25, 0.3) is 0 Å². The van der Waals surface area contributed by atoms with Crippen LogP contribution in [0.3, 0.4) is 0 Å². The van der Waals surface area contributed by atoms with Crippen molar-refractivity contribution in [2.24, 2.45) is 23.0 Å². The lowest BCUT2D eigenvalue weighted by molar-refractivity contribution is 0.140. The molecule has 4 heteroatoms. The first-order chi connectivity index (χ1) is 8.79. The van der Waals surface area contributed by atoms with Crippen molar-refractivity contribution in [2.75, 3.05) is 0 Å². The maximum Gasteiger partial charge on any atom is 0.0887 e. The molecule has 0 radical (unpaired) electrons. The molecule has 1 nitrogen and oxygen atoms in total. The van der Waals surface area contributed by atoms with Crippen LogP contribution in [0, 0.1) is 17.3 Å². The van der Waals surface area contributed by atoms with Crippen LogP contribution >= 0.6 is 38.9 Å². The molecule has 1 saturated carbocycles. The summed E-state index contributed by atoms with van der Waals surface area (Å²) >= 11 is 11.3. The van der Waals surface area contributed by atoms with Crippen molar-refractivity contribution in [3.8, 4) is 0 Å². The number of hydrogen-bond acceptors (Lipinski definition) is 2. The van der Waals surface area contributed by atoms with Crippen LogP contribution in [0.4, 0.5) is 0 Å². The van der Waals surface area contributed by atoms with Gasteiger partial charge in [-0.1, -0.05) is 32.4 Å². The highest BCUT2D eigenvalue weighted by Crippen LogP contribution is 2.45. The third-order valence-electron chi connectivity index (χ3n) is 4.50. The molecule has 108 valence electrons. The third kappa shape index (κ3) is 3.75. The van der Waals surface area contributed by atoms with E-state index in [0.29, 0.717) is 11.3 Å². The zero-order valence-corrected chi connectivity index (χ0v) is 15.0. The van der Waals surface area contributed by atoms with Crippen molar-refractivity contribution in [3.63, 3.8) is 0 Å². The predicted molar refractivity (Wildman–Crippen MR) is 88.9 cm³/mol. The van der Waals surface area contributed by atoms with E-state index in [4.69, 9.17) is 17.3 Å². The number of halogens is 2. The highest BCUT2D eigenvalue weighted by molar-refractivity contribution is 9.11. The molecular formula is C15H23BrClNS. The molecular weight excluding hydrogens is 342 g/mol. The zero-order chi connectivity index (χ0) is 14.2. The van der Waals surface area contributed by atoms with Crippen LogP contribution in [-0.4, -0.2) is 0 Å². The van der Waals surface area contributed by atoms with Crippen LogP contribution in [0.2, 0.25) is 5.02 Å². The summed E-state index contributed by atoms with van der Waals surface area (Å²) in [5.41, 5.74) is 6.87. The summed E-state index contributed by atoms with van der Waals surface area (Å²) in [5.74, 6) is 1.45. The third-order valence-corrected chi connectivity index (χ3v) is 7.07. The molecule has 0 saturated heterocycles. The Morgan fingerprint density at radius 3 is 2.32 bits per heavy atom. The minimum absolute atomic E-state index is 0.148. The highest BCUT2D eigenvalue weighted by Gasteiger charge is 2.32. The fourth-order valence-corrected chi connectivity index (χ4v) is 4.95. The first kappa shape index (κ1) is 15.8. The second-order valence-corrected chi connectivity index (χ2v) is 9.58. The molecule has 1 aromatic rings. The Labute approximate surface area is 134 Å². The van der Waals surface area contributed by atoms with Gasteiger partial charge >= 0.3 is 0 Å². The summed E-state index contributed by atoms with van der Waals surface area (Å²) in [4.78, 5) is 1.22. The van der Waals surface area contributed by atoms with Crippen molar-refractivity contribution in [2.45, 2.75) is 52.5 Å². The van der Waals surface area contributed by atoms with E-state index in [-0.39, 0.29) is 6.04 Å². The lowest BCUT2D eigenvalue weighted by Crippen LogP contribution is -2.30. The number of hydrogen-bond donors (Lipinski definition) is 1. The fraction of sp³-hybridized carbons (Fsp3) is 0.733. The SMILES string of the molecule is CC(C)(C)C1CCC(C(N)c2cc(Cl)c(Br)s2)CC1. The summed E-state index contributed by atoms with van der Waals surface area (Å²) in [6.45, 7) is 7.07. The average Bonchev–Trinajstić information content (AvgIpc) is 2.68. The Morgan fingerprint density at radius 1 is 1.32 bits per heavy atom. The number of rotatable bonds is 2. The van der Waals surface area contributed by atoms with Crippen LogP contribution in [0.1, 0.15) is 57.4 Å². The summed E-state index contributed by atoms with van der Waals surface area (Å²) in [6, 6.07) is 2.17. The molecule has 1 aliphatic carbocycles. The Bertz CT molecular complexity index is 410. The van der Waals surface area contributed by atoms with Crippen LogP contribution in [0.25, 0.3) is 0 Å². The molecule has 2 rings (SSSR count). The molecule has 2 N–H and O–H groups in total. The van der Waals surface area contributed by atoms with E-state index in [1.54, 1.807) is 11.3 Å². The molecule has 19 heavy (non-hydrogen) atoms. The van der Waals surface area contributed by atoms with Gasteiger partial charge in [-0.2, -0.15) is 0 Å². The lowest BCUT2D eigenvalue weighted by Gasteiger charge is -2.38. The number of nitrogens with two attached hydrogens (primary N) is 1. The fourth-order valence-electron chi connectivity index (χ4n) is 3.10. The standard InChI is InChI=1S/C15H23BrClNS/c1-15(2,3)10-6-4-9(5-7-10)13(18)12-8-11(17)14(16)19-12/h8-10,13H,4-7,18H2,1-3H3. The van der Waals surface area contributed by atoms with Crippen molar-refractivity contribution < 1.29 is 0 Å². The van der Waals surface area contributed by atoms with E-state index in [2.05, 4.69) is 36.7 Å². The molecule has 1 unspecified atom stereocenters. The average molecular weight is 365 g/mol.